The maximum absolute atomic E-state index is 13.6. The molecule has 9 heteroatoms. The number of aromatic nitrogens is 1. The Kier molecular flexibility index (Phi) is 5.28. The zero-order valence-corrected chi connectivity index (χ0v) is 15.6. The number of halogens is 2. The molecule has 2 aromatic heterocycles. The molecule has 0 aliphatic rings. The molecule has 0 radical (unpaired) electrons. The Hall–Kier alpha value is -1.68. The Morgan fingerprint density at radius 1 is 1.24 bits per heavy atom. The minimum atomic E-state index is -3.81. The molecule has 25 heavy (non-hydrogen) atoms. The first-order valence-corrected chi connectivity index (χ1v) is 10.6. The summed E-state index contributed by atoms with van der Waals surface area (Å²) in [7, 11) is -3.81. The van der Waals surface area contributed by atoms with Gasteiger partial charge in [0, 0.05) is 17.0 Å². The molecule has 132 valence electrons. The van der Waals surface area contributed by atoms with Gasteiger partial charge in [0.15, 0.2) is 0 Å². The molecule has 2 heterocycles. The third-order valence-corrected chi connectivity index (χ3v) is 6.90. The lowest BCUT2D eigenvalue weighted by Gasteiger charge is -2.07. The zero-order chi connectivity index (χ0) is 18.0. The number of sulfonamides is 1. The largest absolute Gasteiger partial charge is 0.240 e. The lowest BCUT2D eigenvalue weighted by molar-refractivity contribution is 0.570. The second-order valence-electron chi connectivity index (χ2n) is 5.32. The molecule has 3 aromatic rings. The van der Waals surface area contributed by atoms with Crippen LogP contribution in [0.4, 0.5) is 8.78 Å². The van der Waals surface area contributed by atoms with Crippen LogP contribution in [0.3, 0.4) is 0 Å². The topological polar surface area (TPSA) is 59.1 Å². The quantitative estimate of drug-likeness (QED) is 0.678. The van der Waals surface area contributed by atoms with Crippen molar-refractivity contribution in [1.29, 1.82) is 0 Å². The monoisotopic (exact) mass is 400 g/mol. The normalized spacial score (nSPS) is 11.8. The fraction of sp³-hybridized carbons (Fsp3) is 0.188. The number of benzene rings is 1. The summed E-state index contributed by atoms with van der Waals surface area (Å²) >= 11 is 2.97. The van der Waals surface area contributed by atoms with Gasteiger partial charge in [0.25, 0.3) is 0 Å². The number of thiophene rings is 1. The highest BCUT2D eigenvalue weighted by molar-refractivity contribution is 7.88. The van der Waals surface area contributed by atoms with Crippen molar-refractivity contribution >= 4 is 32.7 Å². The summed E-state index contributed by atoms with van der Waals surface area (Å²) in [5.41, 5.74) is 0.542. The second-order valence-corrected chi connectivity index (χ2v) is 9.16. The van der Waals surface area contributed by atoms with Gasteiger partial charge in [-0.2, -0.15) is 0 Å². The van der Waals surface area contributed by atoms with Crippen molar-refractivity contribution in [1.82, 2.24) is 9.71 Å². The predicted molar refractivity (Wildman–Crippen MR) is 96.0 cm³/mol. The van der Waals surface area contributed by atoms with Crippen LogP contribution in [0.15, 0.2) is 35.7 Å². The minimum absolute atomic E-state index is 0.0636. The number of nitrogens with zero attached hydrogens (tertiary/aromatic N) is 1. The van der Waals surface area contributed by atoms with Crippen LogP contribution in [0.5, 0.6) is 0 Å². The molecule has 0 aliphatic carbocycles. The summed E-state index contributed by atoms with van der Waals surface area (Å²) in [6, 6.07) is 6.63. The standard InChI is InChI=1S/C16H14F2N2O2S3/c1-10-15(24-16(20-10)14-3-2-6-23-14)8-19-25(21,22)9-11-7-12(17)4-5-13(11)18/h2-7,19H,8-9H2,1H3. The van der Waals surface area contributed by atoms with Gasteiger partial charge in [0.2, 0.25) is 10.0 Å². The van der Waals surface area contributed by atoms with Crippen LogP contribution in [0.1, 0.15) is 16.1 Å². The van der Waals surface area contributed by atoms with Gasteiger partial charge in [-0.25, -0.2) is 26.9 Å². The molecule has 0 aliphatic heterocycles. The molecule has 0 amide bonds. The van der Waals surface area contributed by atoms with E-state index < -0.39 is 27.4 Å². The lowest BCUT2D eigenvalue weighted by Crippen LogP contribution is -2.25. The van der Waals surface area contributed by atoms with Crippen molar-refractivity contribution in [2.45, 2.75) is 19.2 Å². The van der Waals surface area contributed by atoms with E-state index in [-0.39, 0.29) is 12.1 Å². The van der Waals surface area contributed by atoms with Crippen LogP contribution < -0.4 is 4.72 Å². The van der Waals surface area contributed by atoms with Crippen molar-refractivity contribution in [3.05, 3.63) is 63.5 Å². The van der Waals surface area contributed by atoms with Crippen LogP contribution in [0.25, 0.3) is 9.88 Å². The average Bonchev–Trinajstić information content (AvgIpc) is 3.18. The molecule has 0 fully saturated rings. The molecule has 0 saturated carbocycles. The van der Waals surface area contributed by atoms with Gasteiger partial charge in [0.05, 0.1) is 16.3 Å². The van der Waals surface area contributed by atoms with E-state index in [4.69, 9.17) is 0 Å². The van der Waals surface area contributed by atoms with Crippen LogP contribution in [-0.4, -0.2) is 13.4 Å². The summed E-state index contributed by atoms with van der Waals surface area (Å²) in [4.78, 5) is 6.25. The van der Waals surface area contributed by atoms with Gasteiger partial charge in [0.1, 0.15) is 16.6 Å². The third-order valence-electron chi connectivity index (χ3n) is 3.43. The van der Waals surface area contributed by atoms with Crippen molar-refractivity contribution in [2.24, 2.45) is 0 Å². The molecule has 0 spiro atoms. The van der Waals surface area contributed by atoms with Crippen LogP contribution in [0.2, 0.25) is 0 Å². The molecule has 3 rings (SSSR count). The van der Waals surface area contributed by atoms with E-state index >= 15 is 0 Å². The highest BCUT2D eigenvalue weighted by atomic mass is 32.2. The van der Waals surface area contributed by atoms with Gasteiger partial charge in [-0.1, -0.05) is 6.07 Å². The van der Waals surface area contributed by atoms with Crippen molar-refractivity contribution in [2.75, 3.05) is 0 Å². The fourth-order valence-corrected chi connectivity index (χ4v) is 5.17. The number of thiazole rings is 1. The van der Waals surface area contributed by atoms with Crippen LogP contribution in [-0.2, 0) is 22.3 Å². The number of nitrogens with one attached hydrogen (secondary N) is 1. The summed E-state index contributed by atoms with van der Waals surface area (Å²) in [5.74, 6) is -2.04. The molecular weight excluding hydrogens is 386 g/mol. The SMILES string of the molecule is Cc1nc(-c2cccs2)sc1CNS(=O)(=O)Cc1cc(F)ccc1F. The summed E-state index contributed by atoms with van der Waals surface area (Å²) in [6.07, 6.45) is 0. The molecule has 4 nitrogen and oxygen atoms in total. The number of rotatable bonds is 6. The fourth-order valence-electron chi connectivity index (χ4n) is 2.18. The first-order valence-electron chi connectivity index (χ1n) is 7.25. The van der Waals surface area contributed by atoms with Crippen molar-refractivity contribution in [3.8, 4) is 9.88 Å². The van der Waals surface area contributed by atoms with Crippen molar-refractivity contribution < 1.29 is 17.2 Å². The van der Waals surface area contributed by atoms with E-state index in [0.717, 1.165) is 38.7 Å². The van der Waals surface area contributed by atoms with Gasteiger partial charge >= 0.3 is 0 Å². The van der Waals surface area contributed by atoms with E-state index in [1.807, 2.05) is 24.4 Å². The van der Waals surface area contributed by atoms with E-state index in [1.54, 1.807) is 11.3 Å². The molecule has 0 bridgehead atoms. The molecule has 0 unspecified atom stereocenters. The van der Waals surface area contributed by atoms with Gasteiger partial charge in [-0.05, 0) is 36.6 Å². The maximum Gasteiger partial charge on any atom is 0.216 e. The van der Waals surface area contributed by atoms with Crippen LogP contribution in [0, 0.1) is 18.6 Å². The van der Waals surface area contributed by atoms with Crippen molar-refractivity contribution in [3.63, 3.8) is 0 Å². The Morgan fingerprint density at radius 3 is 2.76 bits per heavy atom. The Bertz CT molecular complexity index is 983. The second kappa shape index (κ2) is 7.28. The molecule has 0 saturated heterocycles. The van der Waals surface area contributed by atoms with Gasteiger partial charge in [-0.3, -0.25) is 0 Å². The number of hydrogen-bond donors (Lipinski definition) is 1. The average molecular weight is 400 g/mol. The summed E-state index contributed by atoms with van der Waals surface area (Å²) < 4.78 is 53.6. The van der Waals surface area contributed by atoms with Gasteiger partial charge < -0.3 is 0 Å². The molecule has 0 atom stereocenters. The number of hydrogen-bond acceptors (Lipinski definition) is 5. The lowest BCUT2D eigenvalue weighted by atomic mass is 10.2. The number of aryl methyl sites for hydroxylation is 1. The summed E-state index contributed by atoms with van der Waals surface area (Å²) in [5, 5.41) is 2.78. The first-order chi connectivity index (χ1) is 11.8. The third kappa shape index (κ3) is 4.49. The maximum atomic E-state index is 13.6. The smallest absolute Gasteiger partial charge is 0.216 e. The molecule has 1 N–H and O–H groups in total. The first kappa shape index (κ1) is 18.1. The van der Waals surface area contributed by atoms with E-state index in [2.05, 4.69) is 9.71 Å². The highest BCUT2D eigenvalue weighted by Gasteiger charge is 2.17. The van der Waals surface area contributed by atoms with E-state index in [0.29, 0.717) is 0 Å². The minimum Gasteiger partial charge on any atom is -0.240 e. The van der Waals surface area contributed by atoms with Crippen LogP contribution >= 0.6 is 22.7 Å². The Balaban J connectivity index is 1.71. The predicted octanol–water partition coefficient (Wildman–Crippen LogP) is 4.08. The Labute approximate surface area is 152 Å². The van der Waals surface area contributed by atoms with E-state index in [9.17, 15) is 17.2 Å². The zero-order valence-electron chi connectivity index (χ0n) is 13.1. The summed E-state index contributed by atoms with van der Waals surface area (Å²) in [6.45, 7) is 1.87. The molecule has 1 aromatic carbocycles. The van der Waals surface area contributed by atoms with E-state index in [1.165, 1.54) is 11.3 Å². The van der Waals surface area contributed by atoms with Gasteiger partial charge in [-0.15, -0.1) is 22.7 Å². The molecular formula is C16H14F2N2O2S3. The Morgan fingerprint density at radius 2 is 2.04 bits per heavy atom. The highest BCUT2D eigenvalue weighted by Crippen LogP contribution is 2.31.